The predicted molar refractivity (Wildman–Crippen MR) is 42.3 cm³/mol. The molecule has 1 heterocycles. The highest BCUT2D eigenvalue weighted by Crippen LogP contribution is 2.21. The number of aromatic carboxylic acids is 1. The number of hydrogen-bond acceptors (Lipinski definition) is 3. The number of nitrogen functional groups attached to an aromatic ring is 1. The van der Waals surface area contributed by atoms with Gasteiger partial charge < -0.3 is 10.8 Å². The largest absolute Gasteiger partial charge is 0.476 e. The van der Waals surface area contributed by atoms with E-state index < -0.39 is 5.97 Å². The zero-order chi connectivity index (χ0) is 8.59. The number of carboxylic acids is 1. The van der Waals surface area contributed by atoms with Gasteiger partial charge in [-0.25, -0.2) is 4.79 Å². The summed E-state index contributed by atoms with van der Waals surface area (Å²) in [4.78, 5) is 10.5. The zero-order valence-electron chi connectivity index (χ0n) is 5.71. The molecule has 1 aromatic heterocycles. The molecule has 3 N–H and O–H groups in total. The lowest BCUT2D eigenvalue weighted by Crippen LogP contribution is -2.07. The Morgan fingerprint density at radius 2 is 2.36 bits per heavy atom. The van der Waals surface area contributed by atoms with E-state index in [0.29, 0.717) is 4.60 Å². The van der Waals surface area contributed by atoms with E-state index in [1.807, 2.05) is 0 Å². The first kappa shape index (κ1) is 8.06. The van der Waals surface area contributed by atoms with Crippen LogP contribution in [0.5, 0.6) is 0 Å². The fraction of sp³-hybridized carbons (Fsp3) is 0.200. The quantitative estimate of drug-likeness (QED) is 0.720. The molecule has 0 amide bonds. The number of nitrogens with two attached hydrogens (primary N) is 1. The fourth-order valence-electron chi connectivity index (χ4n) is 0.761. The maximum Gasteiger partial charge on any atom is 0.356 e. The first-order chi connectivity index (χ1) is 5.04. The van der Waals surface area contributed by atoms with Crippen LogP contribution >= 0.6 is 15.9 Å². The SMILES string of the molecule is Cn1nc(Br)c(N)c1C(=O)O. The molecule has 60 valence electrons. The number of hydrogen-bond donors (Lipinski definition) is 2. The molecule has 1 rings (SSSR count). The Balaban J connectivity index is 3.34. The first-order valence-electron chi connectivity index (χ1n) is 2.75. The van der Waals surface area contributed by atoms with Gasteiger partial charge in [0.25, 0.3) is 0 Å². The van der Waals surface area contributed by atoms with Gasteiger partial charge in [-0.1, -0.05) is 0 Å². The number of anilines is 1. The van der Waals surface area contributed by atoms with Gasteiger partial charge in [0.1, 0.15) is 0 Å². The highest BCUT2D eigenvalue weighted by atomic mass is 79.9. The summed E-state index contributed by atoms with van der Waals surface area (Å²) in [5.41, 5.74) is 5.54. The molecule has 0 aromatic carbocycles. The van der Waals surface area contributed by atoms with Crippen molar-refractivity contribution in [3.8, 4) is 0 Å². The van der Waals surface area contributed by atoms with E-state index in [1.54, 1.807) is 0 Å². The molecule has 5 nitrogen and oxygen atoms in total. The van der Waals surface area contributed by atoms with Crippen LogP contribution in [-0.2, 0) is 7.05 Å². The average molecular weight is 220 g/mol. The van der Waals surface area contributed by atoms with Crippen LogP contribution in [0.3, 0.4) is 0 Å². The smallest absolute Gasteiger partial charge is 0.356 e. The van der Waals surface area contributed by atoms with Gasteiger partial charge in [-0.15, -0.1) is 0 Å². The standard InChI is InChI=1S/C5H6BrN3O2/c1-9-3(5(10)11)2(7)4(6)8-9/h7H2,1H3,(H,10,11). The topological polar surface area (TPSA) is 81.1 Å². The minimum atomic E-state index is -1.08. The molecule has 0 aliphatic carbocycles. The molecule has 11 heavy (non-hydrogen) atoms. The first-order valence-corrected chi connectivity index (χ1v) is 3.54. The van der Waals surface area contributed by atoms with Crippen molar-refractivity contribution < 1.29 is 9.90 Å². The number of halogens is 1. The number of carbonyl (C=O) groups is 1. The van der Waals surface area contributed by atoms with Crippen molar-refractivity contribution in [1.82, 2.24) is 9.78 Å². The third-order valence-electron chi connectivity index (χ3n) is 1.24. The zero-order valence-corrected chi connectivity index (χ0v) is 7.29. The molecular formula is C5H6BrN3O2. The van der Waals surface area contributed by atoms with Gasteiger partial charge in [-0.2, -0.15) is 5.10 Å². The van der Waals surface area contributed by atoms with E-state index in [1.165, 1.54) is 11.7 Å². The third-order valence-corrected chi connectivity index (χ3v) is 1.83. The molecule has 1 aromatic rings. The van der Waals surface area contributed by atoms with Gasteiger partial charge in [0.05, 0.1) is 5.69 Å². The van der Waals surface area contributed by atoms with Crippen molar-refractivity contribution in [3.63, 3.8) is 0 Å². The number of aryl methyl sites for hydroxylation is 1. The summed E-state index contributed by atoms with van der Waals surface area (Å²) in [6.07, 6.45) is 0. The predicted octanol–water partition coefficient (Wildman–Crippen LogP) is 0.463. The maximum atomic E-state index is 10.5. The van der Waals surface area contributed by atoms with Gasteiger partial charge in [0, 0.05) is 7.05 Å². The summed E-state index contributed by atoms with van der Waals surface area (Å²) < 4.78 is 1.57. The lowest BCUT2D eigenvalue weighted by atomic mass is 10.4. The lowest BCUT2D eigenvalue weighted by molar-refractivity contribution is 0.0686. The van der Waals surface area contributed by atoms with Gasteiger partial charge in [0.15, 0.2) is 10.3 Å². The Morgan fingerprint density at radius 3 is 2.55 bits per heavy atom. The molecular weight excluding hydrogens is 214 g/mol. The number of rotatable bonds is 1. The van der Waals surface area contributed by atoms with Crippen LogP contribution < -0.4 is 5.73 Å². The minimum Gasteiger partial charge on any atom is -0.476 e. The molecule has 0 bridgehead atoms. The van der Waals surface area contributed by atoms with E-state index in [9.17, 15) is 4.79 Å². The van der Waals surface area contributed by atoms with Crippen molar-refractivity contribution in [1.29, 1.82) is 0 Å². The highest BCUT2D eigenvalue weighted by molar-refractivity contribution is 9.10. The van der Waals surface area contributed by atoms with Crippen molar-refractivity contribution in [2.24, 2.45) is 7.05 Å². The van der Waals surface area contributed by atoms with Gasteiger partial charge in [-0.05, 0) is 15.9 Å². The molecule has 0 unspecified atom stereocenters. The van der Waals surface area contributed by atoms with E-state index in [4.69, 9.17) is 10.8 Å². The van der Waals surface area contributed by atoms with E-state index in [-0.39, 0.29) is 11.4 Å². The second-order valence-electron chi connectivity index (χ2n) is 1.98. The molecule has 6 heteroatoms. The lowest BCUT2D eigenvalue weighted by Gasteiger charge is -1.93. The Hall–Kier alpha value is -1.04. The van der Waals surface area contributed by atoms with Crippen molar-refractivity contribution in [2.75, 3.05) is 5.73 Å². The van der Waals surface area contributed by atoms with Crippen LogP contribution in [0.1, 0.15) is 10.5 Å². The molecule has 0 spiro atoms. The summed E-state index contributed by atoms with van der Waals surface area (Å²) >= 11 is 3.01. The Bertz CT molecular complexity index is 307. The van der Waals surface area contributed by atoms with Gasteiger partial charge in [0.2, 0.25) is 0 Å². The van der Waals surface area contributed by atoms with Crippen molar-refractivity contribution >= 4 is 27.6 Å². The molecule has 0 atom stereocenters. The summed E-state index contributed by atoms with van der Waals surface area (Å²) in [7, 11) is 1.52. The van der Waals surface area contributed by atoms with Crippen LogP contribution in [0.15, 0.2) is 4.60 Å². The summed E-state index contributed by atoms with van der Waals surface area (Å²) in [6.45, 7) is 0. The van der Waals surface area contributed by atoms with Crippen LogP contribution in [0.2, 0.25) is 0 Å². The summed E-state index contributed by atoms with van der Waals surface area (Å²) in [6, 6.07) is 0. The van der Waals surface area contributed by atoms with Crippen LogP contribution in [-0.4, -0.2) is 20.9 Å². The van der Waals surface area contributed by atoms with E-state index in [0.717, 1.165) is 0 Å². The maximum absolute atomic E-state index is 10.5. The second kappa shape index (κ2) is 2.54. The second-order valence-corrected chi connectivity index (χ2v) is 2.73. The van der Waals surface area contributed by atoms with Crippen molar-refractivity contribution in [2.45, 2.75) is 0 Å². The normalized spacial score (nSPS) is 10.0. The third kappa shape index (κ3) is 1.21. The van der Waals surface area contributed by atoms with E-state index >= 15 is 0 Å². The Labute approximate surface area is 70.9 Å². The van der Waals surface area contributed by atoms with Crippen molar-refractivity contribution in [3.05, 3.63) is 10.3 Å². The number of carboxylic acid groups (broad SMARTS) is 1. The van der Waals surface area contributed by atoms with E-state index in [2.05, 4.69) is 21.0 Å². The van der Waals surface area contributed by atoms with Crippen LogP contribution in [0, 0.1) is 0 Å². The number of aromatic nitrogens is 2. The molecule has 0 aliphatic rings. The fourth-order valence-corrected chi connectivity index (χ4v) is 1.19. The average Bonchev–Trinajstić information content (AvgIpc) is 2.07. The summed E-state index contributed by atoms with van der Waals surface area (Å²) in [5, 5.41) is 12.4. The van der Waals surface area contributed by atoms with Gasteiger partial charge >= 0.3 is 5.97 Å². The van der Waals surface area contributed by atoms with Crippen LogP contribution in [0.4, 0.5) is 5.69 Å². The van der Waals surface area contributed by atoms with Crippen LogP contribution in [0.25, 0.3) is 0 Å². The number of nitrogens with zero attached hydrogens (tertiary/aromatic N) is 2. The van der Waals surface area contributed by atoms with Gasteiger partial charge in [-0.3, -0.25) is 4.68 Å². The monoisotopic (exact) mass is 219 g/mol. The molecule has 0 saturated heterocycles. The molecule has 0 aliphatic heterocycles. The summed E-state index contributed by atoms with van der Waals surface area (Å²) in [5.74, 6) is -1.08. The Kier molecular flexibility index (Phi) is 1.86. The molecule has 0 radical (unpaired) electrons. The minimum absolute atomic E-state index is 0.00289. The molecule has 0 saturated carbocycles. The Morgan fingerprint density at radius 1 is 1.82 bits per heavy atom. The molecule has 0 fully saturated rings. The highest BCUT2D eigenvalue weighted by Gasteiger charge is 2.16.